The normalized spacial score (nSPS) is 12.2. The van der Waals surface area contributed by atoms with Gasteiger partial charge in [0.25, 0.3) is 0 Å². The molecule has 0 aliphatic rings. The fraction of sp³-hybridized carbons (Fsp3) is 0.105. The lowest BCUT2D eigenvalue weighted by molar-refractivity contribution is -0.137. The van der Waals surface area contributed by atoms with E-state index in [1.54, 1.807) is 24.3 Å². The molecule has 0 spiro atoms. The average molecular weight is 412 g/mol. The summed E-state index contributed by atoms with van der Waals surface area (Å²) in [4.78, 5) is 4.09. The largest absolute Gasteiger partial charge is 0.417 e. The van der Waals surface area contributed by atoms with E-state index >= 15 is 0 Å². The molecule has 0 saturated heterocycles. The first kappa shape index (κ1) is 19.4. The van der Waals surface area contributed by atoms with E-state index in [9.17, 15) is 21.6 Å². The lowest BCUT2D eigenvalue weighted by Crippen LogP contribution is -2.06. The highest BCUT2D eigenvalue weighted by molar-refractivity contribution is 7.90. The monoisotopic (exact) mass is 411 g/mol. The summed E-state index contributed by atoms with van der Waals surface area (Å²) in [6, 6.07) is 13.2. The molecule has 0 amide bonds. The van der Waals surface area contributed by atoms with Gasteiger partial charge in [0.1, 0.15) is 0 Å². The quantitative estimate of drug-likeness (QED) is 0.572. The van der Waals surface area contributed by atoms with Crippen molar-refractivity contribution in [3.63, 3.8) is 0 Å². The number of hydrogen-bond donors (Lipinski definition) is 0. The van der Waals surface area contributed by atoms with Crippen LogP contribution in [0.1, 0.15) is 5.56 Å². The highest BCUT2D eigenvalue weighted by Gasteiger charge is 2.32. The lowest BCUT2D eigenvalue weighted by atomic mass is 9.98. The van der Waals surface area contributed by atoms with E-state index in [4.69, 9.17) is 11.6 Å². The van der Waals surface area contributed by atoms with E-state index in [0.29, 0.717) is 21.8 Å². The molecule has 0 unspecified atom stereocenters. The minimum Gasteiger partial charge on any atom is -0.255 e. The molecule has 0 radical (unpaired) electrons. The number of hydrogen-bond acceptors (Lipinski definition) is 3. The number of aromatic nitrogens is 1. The van der Waals surface area contributed by atoms with Crippen LogP contribution in [0.15, 0.2) is 65.7 Å². The molecular formula is C19H13ClF3NO2S. The Morgan fingerprint density at radius 2 is 1.63 bits per heavy atom. The second-order valence-electron chi connectivity index (χ2n) is 5.92. The van der Waals surface area contributed by atoms with Crippen molar-refractivity contribution in [3.8, 4) is 22.4 Å². The van der Waals surface area contributed by atoms with Crippen LogP contribution in [0.25, 0.3) is 22.4 Å². The van der Waals surface area contributed by atoms with Crippen molar-refractivity contribution in [2.75, 3.05) is 6.26 Å². The summed E-state index contributed by atoms with van der Waals surface area (Å²) >= 11 is 5.99. The Morgan fingerprint density at radius 3 is 2.19 bits per heavy atom. The highest BCUT2D eigenvalue weighted by atomic mass is 35.5. The molecule has 1 heterocycles. The smallest absolute Gasteiger partial charge is 0.255 e. The Kier molecular flexibility index (Phi) is 5.01. The molecule has 0 fully saturated rings. The van der Waals surface area contributed by atoms with E-state index in [0.717, 1.165) is 18.5 Å². The van der Waals surface area contributed by atoms with Gasteiger partial charge in [-0.2, -0.15) is 13.2 Å². The van der Waals surface area contributed by atoms with Gasteiger partial charge in [0, 0.05) is 28.6 Å². The molecule has 3 rings (SSSR count). The highest BCUT2D eigenvalue weighted by Crippen LogP contribution is 2.37. The number of nitrogens with zero attached hydrogens (tertiary/aromatic N) is 1. The number of pyridine rings is 1. The van der Waals surface area contributed by atoms with Gasteiger partial charge < -0.3 is 0 Å². The lowest BCUT2D eigenvalue weighted by Gasteiger charge is -2.14. The molecule has 2 aromatic carbocycles. The predicted molar refractivity (Wildman–Crippen MR) is 98.2 cm³/mol. The molecule has 1 aromatic heterocycles. The van der Waals surface area contributed by atoms with Gasteiger partial charge in [0.05, 0.1) is 16.2 Å². The van der Waals surface area contributed by atoms with Gasteiger partial charge in [-0.05, 0) is 35.9 Å². The first-order valence-electron chi connectivity index (χ1n) is 7.69. The molecule has 0 bridgehead atoms. The molecule has 140 valence electrons. The number of sulfone groups is 1. The van der Waals surface area contributed by atoms with Crippen LogP contribution in [0.3, 0.4) is 0 Å². The van der Waals surface area contributed by atoms with E-state index in [1.165, 1.54) is 24.3 Å². The Hall–Kier alpha value is -2.38. The van der Waals surface area contributed by atoms with Crippen molar-refractivity contribution in [3.05, 3.63) is 71.4 Å². The zero-order valence-corrected chi connectivity index (χ0v) is 15.5. The predicted octanol–water partition coefficient (Wildman–Crippen LogP) is 5.49. The van der Waals surface area contributed by atoms with E-state index in [-0.39, 0.29) is 10.5 Å². The first-order valence-corrected chi connectivity index (χ1v) is 9.96. The minimum atomic E-state index is -4.55. The fourth-order valence-electron chi connectivity index (χ4n) is 2.59. The SMILES string of the molecule is CS(=O)(=O)c1ccc(-c2cc(C(F)(F)F)cnc2-c2cccc(Cl)c2)cc1. The summed E-state index contributed by atoms with van der Waals surface area (Å²) in [7, 11) is -3.41. The Morgan fingerprint density at radius 1 is 0.963 bits per heavy atom. The topological polar surface area (TPSA) is 47.0 Å². The molecular weight excluding hydrogens is 399 g/mol. The third-order valence-corrected chi connectivity index (χ3v) is 5.27. The van der Waals surface area contributed by atoms with E-state index < -0.39 is 21.6 Å². The zero-order chi connectivity index (χ0) is 19.8. The van der Waals surface area contributed by atoms with Crippen LogP contribution in [-0.4, -0.2) is 19.7 Å². The van der Waals surface area contributed by atoms with Gasteiger partial charge in [-0.15, -0.1) is 0 Å². The van der Waals surface area contributed by atoms with E-state index in [1.807, 2.05) is 0 Å². The van der Waals surface area contributed by atoms with Crippen molar-refractivity contribution in [2.24, 2.45) is 0 Å². The van der Waals surface area contributed by atoms with Gasteiger partial charge in [-0.3, -0.25) is 4.98 Å². The van der Waals surface area contributed by atoms with Gasteiger partial charge >= 0.3 is 6.18 Å². The van der Waals surface area contributed by atoms with Crippen molar-refractivity contribution in [1.29, 1.82) is 0 Å². The fourth-order valence-corrected chi connectivity index (χ4v) is 3.41. The molecule has 3 nitrogen and oxygen atoms in total. The van der Waals surface area contributed by atoms with Crippen molar-refractivity contribution in [2.45, 2.75) is 11.1 Å². The minimum absolute atomic E-state index is 0.0792. The number of halogens is 4. The maximum Gasteiger partial charge on any atom is 0.417 e. The number of alkyl halides is 3. The van der Waals surface area contributed by atoms with E-state index in [2.05, 4.69) is 4.98 Å². The van der Waals surface area contributed by atoms with Gasteiger partial charge in [-0.1, -0.05) is 35.9 Å². The van der Waals surface area contributed by atoms with Crippen LogP contribution in [0.4, 0.5) is 13.2 Å². The average Bonchev–Trinajstić information content (AvgIpc) is 2.60. The summed E-state index contributed by atoms with van der Waals surface area (Å²) in [5, 5.41) is 0.424. The van der Waals surface area contributed by atoms with Crippen LogP contribution in [-0.2, 0) is 16.0 Å². The maximum atomic E-state index is 13.2. The Bertz CT molecular complexity index is 1090. The molecule has 3 aromatic rings. The summed E-state index contributed by atoms with van der Waals surface area (Å²) in [6.45, 7) is 0. The third-order valence-electron chi connectivity index (χ3n) is 3.91. The Labute approximate surface area is 159 Å². The second-order valence-corrected chi connectivity index (χ2v) is 8.38. The summed E-state index contributed by atoms with van der Waals surface area (Å²) in [5.74, 6) is 0. The standard InChI is InChI=1S/C19H13ClF3NO2S/c1-27(25,26)16-7-5-12(6-8-16)17-10-14(19(21,22)23)11-24-18(17)13-3-2-4-15(20)9-13/h2-11H,1H3. The molecule has 27 heavy (non-hydrogen) atoms. The van der Waals surface area contributed by atoms with Crippen molar-refractivity contribution < 1.29 is 21.6 Å². The molecule has 8 heteroatoms. The number of rotatable bonds is 3. The van der Waals surface area contributed by atoms with Crippen LogP contribution in [0, 0.1) is 0 Å². The number of benzene rings is 2. The van der Waals surface area contributed by atoms with Crippen LogP contribution >= 0.6 is 11.6 Å². The van der Waals surface area contributed by atoms with Gasteiger partial charge in [-0.25, -0.2) is 8.42 Å². The van der Waals surface area contributed by atoms with Gasteiger partial charge in [0.15, 0.2) is 9.84 Å². The second kappa shape index (κ2) is 6.98. The summed E-state index contributed by atoms with van der Waals surface area (Å²) in [6.07, 6.45) is -2.73. The summed E-state index contributed by atoms with van der Waals surface area (Å²) in [5.41, 5.74) is 0.620. The Balaban J connectivity index is 2.22. The van der Waals surface area contributed by atoms with Crippen LogP contribution in [0.2, 0.25) is 5.02 Å². The zero-order valence-electron chi connectivity index (χ0n) is 14.0. The molecule has 0 N–H and O–H groups in total. The van der Waals surface area contributed by atoms with Crippen molar-refractivity contribution in [1.82, 2.24) is 4.98 Å². The molecule has 0 atom stereocenters. The van der Waals surface area contributed by atoms with Gasteiger partial charge in [0.2, 0.25) is 0 Å². The molecule has 0 aliphatic carbocycles. The van der Waals surface area contributed by atoms with Crippen LogP contribution < -0.4 is 0 Å². The van der Waals surface area contributed by atoms with Crippen LogP contribution in [0.5, 0.6) is 0 Å². The van der Waals surface area contributed by atoms with Crippen molar-refractivity contribution >= 4 is 21.4 Å². The summed E-state index contributed by atoms with van der Waals surface area (Å²) < 4.78 is 62.7. The first-order chi connectivity index (χ1) is 12.6. The maximum absolute atomic E-state index is 13.2. The third kappa shape index (κ3) is 4.31. The molecule has 0 saturated carbocycles. The molecule has 0 aliphatic heterocycles.